The van der Waals surface area contributed by atoms with Crippen LogP contribution in [0.5, 0.6) is 0 Å². The molecule has 0 radical (unpaired) electrons. The Bertz CT molecular complexity index is 1200. The maximum atomic E-state index is 11.8. The topological polar surface area (TPSA) is 83.9 Å². The van der Waals surface area contributed by atoms with Gasteiger partial charge in [-0.15, -0.1) is 0 Å². The van der Waals surface area contributed by atoms with Gasteiger partial charge in [0.05, 0.1) is 12.2 Å². The van der Waals surface area contributed by atoms with Gasteiger partial charge in [0, 0.05) is 30.9 Å². The van der Waals surface area contributed by atoms with E-state index in [0.717, 1.165) is 35.2 Å². The van der Waals surface area contributed by atoms with Crippen LogP contribution in [-0.2, 0) is 17.7 Å². The molecule has 0 fully saturated rings. The molecule has 0 spiro atoms. The van der Waals surface area contributed by atoms with Gasteiger partial charge in [-0.05, 0) is 42.2 Å². The lowest BCUT2D eigenvalue weighted by Gasteiger charge is -2.22. The van der Waals surface area contributed by atoms with Gasteiger partial charge in [-0.3, -0.25) is 14.6 Å². The van der Waals surface area contributed by atoms with Crippen molar-refractivity contribution >= 4 is 28.7 Å². The zero-order valence-corrected chi connectivity index (χ0v) is 17.5. The van der Waals surface area contributed by atoms with Crippen LogP contribution in [0.3, 0.4) is 0 Å². The monoisotopic (exact) mass is 424 g/mol. The van der Waals surface area contributed by atoms with E-state index in [-0.39, 0.29) is 6.61 Å². The molecule has 2 aromatic carbocycles. The third-order valence-corrected chi connectivity index (χ3v) is 5.53. The maximum Gasteiger partial charge on any atom is 0.253 e. The molecule has 1 heterocycles. The number of likely N-dealkylation sites (N-methyl/N-ethyl adjacent to an activating group) is 1. The fourth-order valence-corrected chi connectivity index (χ4v) is 3.91. The Balaban J connectivity index is 1.55. The molecule has 154 valence electrons. The molecule has 4 rings (SSSR count). The van der Waals surface area contributed by atoms with E-state index in [2.05, 4.69) is 15.5 Å². The molecule has 30 heavy (non-hydrogen) atoms. The fourth-order valence-electron chi connectivity index (χ4n) is 3.72. The van der Waals surface area contributed by atoms with E-state index in [0.29, 0.717) is 28.7 Å². The molecule has 8 heteroatoms. The maximum absolute atomic E-state index is 11.8. The summed E-state index contributed by atoms with van der Waals surface area (Å²) in [5, 5.41) is 7.86. The van der Waals surface area contributed by atoms with Gasteiger partial charge in [0.1, 0.15) is 23.7 Å². The fraction of sp³-hybridized carbons (Fsp3) is 0.273. The largest absolute Gasteiger partial charge is 0.393 e. The molecule has 7 nitrogen and oxygen atoms in total. The molecule has 0 saturated heterocycles. The van der Waals surface area contributed by atoms with E-state index in [1.807, 2.05) is 30.3 Å². The number of nitrogens with zero attached hydrogens (tertiary/aromatic N) is 3. The predicted octanol–water partition coefficient (Wildman–Crippen LogP) is 2.38. The highest BCUT2D eigenvalue weighted by Gasteiger charge is 2.24. The van der Waals surface area contributed by atoms with E-state index >= 15 is 0 Å². The highest BCUT2D eigenvalue weighted by atomic mass is 35.5. The minimum absolute atomic E-state index is 0.243. The quantitative estimate of drug-likeness (QED) is 0.371. The number of fused-ring (bicyclic) bond motifs is 2. The molecule has 1 N–H and O–H groups in total. The minimum atomic E-state index is -0.489. The summed E-state index contributed by atoms with van der Waals surface area (Å²) >= 11 is 6.19. The number of aryl methyl sites for hydroxylation is 2. The van der Waals surface area contributed by atoms with Crippen molar-refractivity contribution in [3.8, 4) is 0 Å². The van der Waals surface area contributed by atoms with Crippen molar-refractivity contribution in [3.05, 3.63) is 84.4 Å². The van der Waals surface area contributed by atoms with Gasteiger partial charge in [0.25, 0.3) is 10.9 Å². The number of benzene rings is 1. The molecule has 0 unspecified atom stereocenters. The lowest BCUT2D eigenvalue weighted by Crippen LogP contribution is -2.41. The van der Waals surface area contributed by atoms with Crippen LogP contribution in [0.25, 0.3) is 0 Å². The van der Waals surface area contributed by atoms with Crippen LogP contribution in [-0.4, -0.2) is 37.9 Å². The summed E-state index contributed by atoms with van der Waals surface area (Å²) in [6.07, 6.45) is 3.43. The Morgan fingerprint density at radius 1 is 1.20 bits per heavy atom. The van der Waals surface area contributed by atoms with Crippen molar-refractivity contribution in [1.29, 1.82) is 0 Å². The average Bonchev–Trinajstić information content (AvgIpc) is 2.90. The standard InChI is InChI=1S/C22H21ClN4O3/c1-24-19-20(22(29)21(19)28)27(2)10-11-30-26-18-16-8-7-15(23)12-14(16)6-5-13-4-3-9-25-17(13)18/h3-4,7-9,12,24H,5-6,10-11H2,1-2H3/b26-18+. The third-order valence-electron chi connectivity index (χ3n) is 5.29. The van der Waals surface area contributed by atoms with Gasteiger partial charge in [-0.25, -0.2) is 0 Å². The van der Waals surface area contributed by atoms with Crippen LogP contribution in [0.2, 0.25) is 5.02 Å². The Morgan fingerprint density at radius 2 is 2.00 bits per heavy atom. The molecule has 0 bridgehead atoms. The van der Waals surface area contributed by atoms with Crippen molar-refractivity contribution in [2.75, 3.05) is 37.5 Å². The first-order valence-corrected chi connectivity index (χ1v) is 10.0. The lowest BCUT2D eigenvalue weighted by molar-refractivity contribution is 0.151. The molecular weight excluding hydrogens is 404 g/mol. The smallest absolute Gasteiger partial charge is 0.253 e. The van der Waals surface area contributed by atoms with Crippen molar-refractivity contribution < 1.29 is 4.84 Å². The van der Waals surface area contributed by atoms with E-state index in [4.69, 9.17) is 16.4 Å². The zero-order chi connectivity index (χ0) is 21.3. The van der Waals surface area contributed by atoms with E-state index in [9.17, 15) is 9.59 Å². The van der Waals surface area contributed by atoms with Gasteiger partial charge in [-0.1, -0.05) is 28.9 Å². The number of rotatable bonds is 6. The summed E-state index contributed by atoms with van der Waals surface area (Å²) in [6.45, 7) is 0.645. The summed E-state index contributed by atoms with van der Waals surface area (Å²) in [7, 11) is 3.36. The summed E-state index contributed by atoms with van der Waals surface area (Å²) in [6, 6.07) is 9.70. The van der Waals surface area contributed by atoms with Gasteiger partial charge < -0.3 is 15.1 Å². The Labute approximate surface area is 178 Å². The van der Waals surface area contributed by atoms with E-state index < -0.39 is 10.9 Å². The number of oxime groups is 1. The van der Waals surface area contributed by atoms with Crippen LogP contribution in [0.15, 0.2) is 51.3 Å². The molecule has 0 amide bonds. The minimum Gasteiger partial charge on any atom is -0.393 e. The molecule has 1 aliphatic rings. The van der Waals surface area contributed by atoms with E-state index in [1.165, 1.54) is 0 Å². The number of anilines is 2. The summed E-state index contributed by atoms with van der Waals surface area (Å²) in [4.78, 5) is 35.2. The van der Waals surface area contributed by atoms with Crippen LogP contribution < -0.4 is 21.1 Å². The first-order chi connectivity index (χ1) is 14.5. The second kappa shape index (κ2) is 8.28. The summed E-state index contributed by atoms with van der Waals surface area (Å²) in [5.74, 6) is 0. The Morgan fingerprint density at radius 3 is 2.80 bits per heavy atom. The number of halogens is 1. The van der Waals surface area contributed by atoms with Crippen LogP contribution in [0.4, 0.5) is 11.4 Å². The SMILES string of the molecule is CNc1c(N(C)CCO/N=C2\c3ccc(Cl)cc3CCc3cccnc32)c(=O)c1=O. The molecular formula is C22H21ClN4O3. The Kier molecular flexibility index (Phi) is 5.55. The van der Waals surface area contributed by atoms with Crippen LogP contribution in [0.1, 0.15) is 22.4 Å². The van der Waals surface area contributed by atoms with Crippen molar-refractivity contribution in [3.63, 3.8) is 0 Å². The molecule has 0 saturated carbocycles. The van der Waals surface area contributed by atoms with Gasteiger partial charge in [0.2, 0.25) is 0 Å². The highest BCUT2D eigenvalue weighted by Crippen LogP contribution is 2.26. The average molecular weight is 425 g/mol. The number of nitrogens with one attached hydrogen (secondary N) is 1. The first-order valence-electron chi connectivity index (χ1n) is 9.66. The van der Waals surface area contributed by atoms with Crippen LogP contribution in [0, 0.1) is 0 Å². The summed E-state index contributed by atoms with van der Waals surface area (Å²) < 4.78 is 0. The number of pyridine rings is 1. The van der Waals surface area contributed by atoms with Crippen LogP contribution >= 0.6 is 11.6 Å². The normalized spacial score (nSPS) is 14.2. The van der Waals surface area contributed by atoms with Gasteiger partial charge in [0.15, 0.2) is 0 Å². The predicted molar refractivity (Wildman–Crippen MR) is 119 cm³/mol. The number of aromatic nitrogens is 1. The second-order valence-electron chi connectivity index (χ2n) is 7.14. The zero-order valence-electron chi connectivity index (χ0n) is 16.7. The first kappa shape index (κ1) is 20.1. The lowest BCUT2D eigenvalue weighted by atomic mass is 10.0. The van der Waals surface area contributed by atoms with Gasteiger partial charge in [-0.2, -0.15) is 0 Å². The number of hydrogen-bond donors (Lipinski definition) is 1. The third kappa shape index (κ3) is 3.57. The molecule has 1 aromatic heterocycles. The molecule has 1 aliphatic carbocycles. The van der Waals surface area contributed by atoms with Crippen molar-refractivity contribution in [2.24, 2.45) is 5.16 Å². The molecule has 0 aliphatic heterocycles. The second-order valence-corrected chi connectivity index (χ2v) is 7.58. The van der Waals surface area contributed by atoms with E-state index in [1.54, 1.807) is 25.2 Å². The number of hydrogen-bond acceptors (Lipinski definition) is 7. The van der Waals surface area contributed by atoms with Crippen molar-refractivity contribution in [1.82, 2.24) is 4.98 Å². The Hall–Kier alpha value is -3.19. The molecule has 3 aromatic rings. The molecule has 0 atom stereocenters. The van der Waals surface area contributed by atoms with Gasteiger partial charge >= 0.3 is 0 Å². The highest BCUT2D eigenvalue weighted by molar-refractivity contribution is 6.31. The van der Waals surface area contributed by atoms with Crippen molar-refractivity contribution in [2.45, 2.75) is 12.8 Å². The summed E-state index contributed by atoms with van der Waals surface area (Å²) in [5.41, 5.74) is 4.35.